The van der Waals surface area contributed by atoms with Gasteiger partial charge in [0.2, 0.25) is 5.91 Å². The van der Waals surface area contributed by atoms with E-state index in [-0.39, 0.29) is 30.1 Å². The highest BCUT2D eigenvalue weighted by Gasteiger charge is 2.39. The summed E-state index contributed by atoms with van der Waals surface area (Å²) in [6.07, 6.45) is -0.696. The number of halogens is 2. The Morgan fingerprint density at radius 3 is 2.63 bits per heavy atom. The standard InChI is InChI=1S/C19H19ClFN3O3/c20-15-7-4-8-16(21)14(15)10-22-18(26)17-9-13(25)11-24(17)19(27)23-12-5-2-1-3-6-12/h1-8,13,17,25H,9-11H2,(H,22,26)(H,23,27)/t13-,17+/m0/s1. The summed E-state index contributed by atoms with van der Waals surface area (Å²) in [5.74, 6) is -0.998. The normalized spacial score (nSPS) is 19.0. The Morgan fingerprint density at radius 2 is 1.93 bits per heavy atom. The van der Waals surface area contributed by atoms with Crippen molar-refractivity contribution in [2.24, 2.45) is 0 Å². The van der Waals surface area contributed by atoms with Crippen LogP contribution in [0.2, 0.25) is 5.02 Å². The highest BCUT2D eigenvalue weighted by Crippen LogP contribution is 2.22. The number of carbonyl (C=O) groups excluding carboxylic acids is 2. The van der Waals surface area contributed by atoms with Crippen molar-refractivity contribution in [2.45, 2.75) is 25.1 Å². The van der Waals surface area contributed by atoms with Crippen LogP contribution in [-0.4, -0.2) is 40.6 Å². The average Bonchev–Trinajstić information content (AvgIpc) is 3.04. The molecule has 1 heterocycles. The number of benzene rings is 2. The lowest BCUT2D eigenvalue weighted by atomic mass is 10.1. The van der Waals surface area contributed by atoms with E-state index in [0.717, 1.165) is 0 Å². The Balaban J connectivity index is 1.66. The molecule has 0 saturated carbocycles. The van der Waals surface area contributed by atoms with Crippen molar-refractivity contribution < 1.29 is 19.1 Å². The van der Waals surface area contributed by atoms with Crippen LogP contribution in [0.1, 0.15) is 12.0 Å². The number of nitrogens with zero attached hydrogens (tertiary/aromatic N) is 1. The number of β-amino-alcohol motifs (C(OH)–C–C–N with tert-alkyl or cyclic N) is 1. The van der Waals surface area contributed by atoms with Gasteiger partial charge in [0, 0.05) is 35.8 Å². The molecular formula is C19H19ClFN3O3. The monoisotopic (exact) mass is 391 g/mol. The smallest absolute Gasteiger partial charge is 0.322 e. The predicted octanol–water partition coefficient (Wildman–Crippen LogP) is 2.76. The van der Waals surface area contributed by atoms with Crippen LogP contribution < -0.4 is 10.6 Å². The molecule has 1 aliphatic rings. The molecule has 0 radical (unpaired) electrons. The minimum atomic E-state index is -0.853. The lowest BCUT2D eigenvalue weighted by Gasteiger charge is -2.24. The Morgan fingerprint density at radius 1 is 1.19 bits per heavy atom. The molecule has 2 atom stereocenters. The number of aliphatic hydroxyl groups excluding tert-OH is 1. The van der Waals surface area contributed by atoms with Crippen molar-refractivity contribution in [2.75, 3.05) is 11.9 Å². The zero-order valence-corrected chi connectivity index (χ0v) is 15.1. The molecule has 0 aromatic heterocycles. The number of para-hydroxylation sites is 1. The van der Waals surface area contributed by atoms with Crippen molar-refractivity contribution in [3.05, 3.63) is 64.9 Å². The first-order valence-corrected chi connectivity index (χ1v) is 8.85. The summed E-state index contributed by atoms with van der Waals surface area (Å²) in [6, 6.07) is 11.7. The van der Waals surface area contributed by atoms with Gasteiger partial charge in [-0.2, -0.15) is 0 Å². The fraction of sp³-hybridized carbons (Fsp3) is 0.263. The fourth-order valence-corrected chi connectivity index (χ4v) is 3.23. The Bertz CT molecular complexity index is 814. The van der Waals surface area contributed by atoms with Crippen molar-refractivity contribution in [3.8, 4) is 0 Å². The number of hydrogen-bond donors (Lipinski definition) is 3. The van der Waals surface area contributed by atoms with Gasteiger partial charge < -0.3 is 20.6 Å². The van der Waals surface area contributed by atoms with Crippen LogP contribution in [0.5, 0.6) is 0 Å². The van der Waals surface area contributed by atoms with Crippen LogP contribution in [0, 0.1) is 5.82 Å². The molecule has 1 fully saturated rings. The third kappa shape index (κ3) is 4.56. The van der Waals surface area contributed by atoms with E-state index in [4.69, 9.17) is 11.6 Å². The van der Waals surface area contributed by atoms with Crippen LogP contribution in [0.3, 0.4) is 0 Å². The topological polar surface area (TPSA) is 81.7 Å². The minimum Gasteiger partial charge on any atom is -0.391 e. The number of nitrogens with one attached hydrogen (secondary N) is 2. The zero-order valence-electron chi connectivity index (χ0n) is 14.4. The maximum atomic E-state index is 13.8. The van der Waals surface area contributed by atoms with Gasteiger partial charge in [-0.25, -0.2) is 9.18 Å². The molecule has 3 rings (SSSR count). The van der Waals surface area contributed by atoms with Gasteiger partial charge in [0.05, 0.1) is 6.10 Å². The second kappa shape index (κ2) is 8.37. The van der Waals surface area contributed by atoms with Gasteiger partial charge in [-0.15, -0.1) is 0 Å². The number of carbonyl (C=O) groups is 2. The van der Waals surface area contributed by atoms with Crippen LogP contribution in [0.25, 0.3) is 0 Å². The summed E-state index contributed by atoms with van der Waals surface area (Å²) >= 11 is 5.96. The highest BCUT2D eigenvalue weighted by atomic mass is 35.5. The molecule has 2 aromatic rings. The average molecular weight is 392 g/mol. The third-order valence-electron chi connectivity index (χ3n) is 4.37. The van der Waals surface area contributed by atoms with Crippen LogP contribution in [0.4, 0.5) is 14.9 Å². The summed E-state index contributed by atoms with van der Waals surface area (Å²) in [7, 11) is 0. The molecule has 1 saturated heterocycles. The molecule has 6 nitrogen and oxygen atoms in total. The van der Waals surface area contributed by atoms with Gasteiger partial charge in [0.25, 0.3) is 0 Å². The number of anilines is 1. The second-order valence-corrected chi connectivity index (χ2v) is 6.68. The Labute approximate surface area is 160 Å². The lowest BCUT2D eigenvalue weighted by molar-refractivity contribution is -0.124. The van der Waals surface area contributed by atoms with Crippen LogP contribution in [0.15, 0.2) is 48.5 Å². The molecule has 3 amide bonds. The fourth-order valence-electron chi connectivity index (χ4n) is 3.00. The molecule has 0 spiro atoms. The molecule has 2 aromatic carbocycles. The van der Waals surface area contributed by atoms with Crippen molar-refractivity contribution >= 4 is 29.2 Å². The molecule has 0 unspecified atom stereocenters. The number of rotatable bonds is 4. The maximum absolute atomic E-state index is 13.8. The molecular weight excluding hydrogens is 373 g/mol. The van der Waals surface area contributed by atoms with Crippen LogP contribution in [-0.2, 0) is 11.3 Å². The second-order valence-electron chi connectivity index (χ2n) is 6.27. The van der Waals surface area contributed by atoms with Gasteiger partial charge in [-0.1, -0.05) is 35.9 Å². The maximum Gasteiger partial charge on any atom is 0.322 e. The van der Waals surface area contributed by atoms with Gasteiger partial charge >= 0.3 is 6.03 Å². The lowest BCUT2D eigenvalue weighted by Crippen LogP contribution is -2.47. The summed E-state index contributed by atoms with van der Waals surface area (Å²) in [5, 5.41) is 15.4. The number of hydrogen-bond acceptors (Lipinski definition) is 3. The first-order chi connectivity index (χ1) is 13.0. The van der Waals surface area contributed by atoms with E-state index >= 15 is 0 Å². The number of urea groups is 1. The summed E-state index contributed by atoms with van der Waals surface area (Å²) in [5.41, 5.74) is 0.757. The largest absolute Gasteiger partial charge is 0.391 e. The molecule has 1 aliphatic heterocycles. The third-order valence-corrected chi connectivity index (χ3v) is 4.72. The predicted molar refractivity (Wildman–Crippen MR) is 99.8 cm³/mol. The van der Waals surface area contributed by atoms with E-state index in [2.05, 4.69) is 10.6 Å². The first kappa shape index (κ1) is 19.1. The SMILES string of the molecule is O=C(NCc1c(F)cccc1Cl)[C@H]1C[C@H](O)CN1C(=O)Nc1ccccc1. The van der Waals surface area contributed by atoms with E-state index in [1.807, 2.05) is 6.07 Å². The summed E-state index contributed by atoms with van der Waals surface area (Å²) in [4.78, 5) is 26.3. The highest BCUT2D eigenvalue weighted by molar-refractivity contribution is 6.31. The van der Waals surface area contributed by atoms with E-state index < -0.39 is 29.9 Å². The zero-order chi connectivity index (χ0) is 19.4. The summed E-state index contributed by atoms with van der Waals surface area (Å²) in [6.45, 7) is -0.0672. The molecule has 0 aliphatic carbocycles. The van der Waals surface area contributed by atoms with Crippen molar-refractivity contribution in [1.29, 1.82) is 0 Å². The summed E-state index contributed by atoms with van der Waals surface area (Å²) < 4.78 is 13.8. The number of amides is 3. The Hall–Kier alpha value is -2.64. The number of likely N-dealkylation sites (tertiary alicyclic amines) is 1. The van der Waals surface area contributed by atoms with E-state index in [0.29, 0.717) is 5.69 Å². The van der Waals surface area contributed by atoms with E-state index in [1.165, 1.54) is 23.1 Å². The van der Waals surface area contributed by atoms with Gasteiger partial charge in [0.1, 0.15) is 11.9 Å². The van der Waals surface area contributed by atoms with Gasteiger partial charge in [0.15, 0.2) is 0 Å². The van der Waals surface area contributed by atoms with E-state index in [9.17, 15) is 19.1 Å². The molecule has 27 heavy (non-hydrogen) atoms. The van der Waals surface area contributed by atoms with E-state index in [1.54, 1.807) is 24.3 Å². The molecule has 8 heteroatoms. The molecule has 142 valence electrons. The molecule has 3 N–H and O–H groups in total. The van der Waals surface area contributed by atoms with Crippen LogP contribution >= 0.6 is 11.6 Å². The number of aliphatic hydroxyl groups is 1. The molecule has 0 bridgehead atoms. The van der Waals surface area contributed by atoms with Gasteiger partial charge in [-0.05, 0) is 24.3 Å². The van der Waals surface area contributed by atoms with Gasteiger partial charge in [-0.3, -0.25) is 4.79 Å². The van der Waals surface area contributed by atoms with Crippen molar-refractivity contribution in [3.63, 3.8) is 0 Å². The Kier molecular flexibility index (Phi) is 5.93. The minimum absolute atomic E-state index is 0.0389. The first-order valence-electron chi connectivity index (χ1n) is 8.47. The van der Waals surface area contributed by atoms with Crippen molar-refractivity contribution in [1.82, 2.24) is 10.2 Å². The quantitative estimate of drug-likeness (QED) is 0.749.